The predicted molar refractivity (Wildman–Crippen MR) is 79.5 cm³/mol. The van der Waals surface area contributed by atoms with Gasteiger partial charge in [0, 0.05) is 18.8 Å². The maximum absolute atomic E-state index is 12.4. The molecule has 3 nitrogen and oxygen atoms in total. The molecule has 1 aliphatic carbocycles. The van der Waals surface area contributed by atoms with Gasteiger partial charge >= 0.3 is 0 Å². The van der Waals surface area contributed by atoms with Gasteiger partial charge in [0.15, 0.2) is 0 Å². The standard InChI is InChI=1S/C16H24N2O/c1-10-5-7-15(17-4)13(9-10)16(19)18-14-8-6-11(2)12(14)3/h5,7,9,11-12,14,17H,6,8H2,1-4H3,(H,18,19). The lowest BCUT2D eigenvalue weighted by molar-refractivity contribution is 0.0928. The van der Waals surface area contributed by atoms with Crippen LogP contribution in [-0.4, -0.2) is 19.0 Å². The van der Waals surface area contributed by atoms with Crippen LogP contribution < -0.4 is 10.6 Å². The number of benzene rings is 1. The van der Waals surface area contributed by atoms with Crippen molar-refractivity contribution in [1.29, 1.82) is 0 Å². The third-order valence-electron chi connectivity index (χ3n) is 4.47. The minimum atomic E-state index is 0.0407. The summed E-state index contributed by atoms with van der Waals surface area (Å²) in [6, 6.07) is 6.24. The molecule has 0 spiro atoms. The Morgan fingerprint density at radius 1 is 1.26 bits per heavy atom. The van der Waals surface area contributed by atoms with Crippen LogP contribution in [0, 0.1) is 18.8 Å². The van der Waals surface area contributed by atoms with Crippen molar-refractivity contribution in [2.75, 3.05) is 12.4 Å². The fourth-order valence-electron chi connectivity index (χ4n) is 2.88. The van der Waals surface area contributed by atoms with Gasteiger partial charge in [-0.05, 0) is 43.7 Å². The quantitative estimate of drug-likeness (QED) is 0.876. The van der Waals surface area contributed by atoms with E-state index in [4.69, 9.17) is 0 Å². The summed E-state index contributed by atoms with van der Waals surface area (Å²) in [6.45, 7) is 6.51. The number of anilines is 1. The number of carbonyl (C=O) groups excluding carboxylic acids is 1. The summed E-state index contributed by atoms with van der Waals surface area (Å²) in [4.78, 5) is 12.4. The van der Waals surface area contributed by atoms with E-state index >= 15 is 0 Å². The molecule has 3 heteroatoms. The van der Waals surface area contributed by atoms with E-state index in [1.54, 1.807) is 0 Å². The van der Waals surface area contributed by atoms with Gasteiger partial charge in [-0.3, -0.25) is 4.79 Å². The van der Waals surface area contributed by atoms with Gasteiger partial charge in [0.05, 0.1) is 5.56 Å². The van der Waals surface area contributed by atoms with Crippen LogP contribution in [0.3, 0.4) is 0 Å². The molecular weight excluding hydrogens is 236 g/mol. The molecule has 1 aliphatic rings. The molecule has 2 N–H and O–H groups in total. The zero-order valence-electron chi connectivity index (χ0n) is 12.3. The zero-order chi connectivity index (χ0) is 14.0. The number of carbonyl (C=O) groups is 1. The fraction of sp³-hybridized carbons (Fsp3) is 0.562. The lowest BCUT2D eigenvalue weighted by atomic mass is 9.97. The van der Waals surface area contributed by atoms with Crippen LogP contribution >= 0.6 is 0 Å². The molecule has 0 saturated heterocycles. The van der Waals surface area contributed by atoms with Crippen LogP contribution in [0.25, 0.3) is 0 Å². The van der Waals surface area contributed by atoms with Crippen molar-refractivity contribution in [2.24, 2.45) is 11.8 Å². The highest BCUT2D eigenvalue weighted by Gasteiger charge is 2.31. The summed E-state index contributed by atoms with van der Waals surface area (Å²) in [6.07, 6.45) is 2.30. The van der Waals surface area contributed by atoms with Crippen LogP contribution in [0.2, 0.25) is 0 Å². The summed E-state index contributed by atoms with van der Waals surface area (Å²) >= 11 is 0. The fourth-order valence-corrected chi connectivity index (χ4v) is 2.88. The smallest absolute Gasteiger partial charge is 0.253 e. The molecule has 0 aromatic heterocycles. The number of nitrogens with one attached hydrogen (secondary N) is 2. The molecule has 2 rings (SSSR count). The molecule has 3 unspecified atom stereocenters. The monoisotopic (exact) mass is 260 g/mol. The average molecular weight is 260 g/mol. The molecule has 1 aromatic rings. The van der Waals surface area contributed by atoms with E-state index in [1.807, 2.05) is 32.2 Å². The minimum absolute atomic E-state index is 0.0407. The molecule has 0 heterocycles. The molecular formula is C16H24N2O. The van der Waals surface area contributed by atoms with Crippen LogP contribution in [0.1, 0.15) is 42.6 Å². The first-order chi connectivity index (χ1) is 9.02. The first-order valence-corrected chi connectivity index (χ1v) is 7.12. The van der Waals surface area contributed by atoms with Crippen molar-refractivity contribution in [2.45, 2.75) is 39.7 Å². The van der Waals surface area contributed by atoms with Crippen molar-refractivity contribution in [3.63, 3.8) is 0 Å². The highest BCUT2D eigenvalue weighted by Crippen LogP contribution is 2.31. The molecule has 1 amide bonds. The second-order valence-corrected chi connectivity index (χ2v) is 5.79. The molecule has 0 aliphatic heterocycles. The highest BCUT2D eigenvalue weighted by atomic mass is 16.1. The van der Waals surface area contributed by atoms with Gasteiger partial charge in [0.1, 0.15) is 0 Å². The first kappa shape index (κ1) is 13.9. The summed E-state index contributed by atoms with van der Waals surface area (Å²) in [5, 5.41) is 6.29. The van der Waals surface area contributed by atoms with Crippen molar-refractivity contribution in [3.05, 3.63) is 29.3 Å². The van der Waals surface area contributed by atoms with Crippen LogP contribution in [0.5, 0.6) is 0 Å². The molecule has 1 aromatic carbocycles. The molecule has 19 heavy (non-hydrogen) atoms. The Bertz CT molecular complexity index is 470. The summed E-state index contributed by atoms with van der Waals surface area (Å²) in [5.74, 6) is 1.30. The van der Waals surface area contributed by atoms with E-state index in [0.717, 1.165) is 23.2 Å². The number of aryl methyl sites for hydroxylation is 1. The van der Waals surface area contributed by atoms with Gasteiger partial charge in [0.25, 0.3) is 5.91 Å². The van der Waals surface area contributed by atoms with Crippen molar-refractivity contribution < 1.29 is 4.79 Å². The van der Waals surface area contributed by atoms with Crippen molar-refractivity contribution >= 4 is 11.6 Å². The van der Waals surface area contributed by atoms with Gasteiger partial charge in [-0.25, -0.2) is 0 Å². The predicted octanol–water partition coefficient (Wildman–Crippen LogP) is 3.20. The third kappa shape index (κ3) is 2.91. The summed E-state index contributed by atoms with van der Waals surface area (Å²) in [5.41, 5.74) is 2.74. The zero-order valence-corrected chi connectivity index (χ0v) is 12.3. The Morgan fingerprint density at radius 3 is 2.58 bits per heavy atom. The average Bonchev–Trinajstić information content (AvgIpc) is 2.70. The Hall–Kier alpha value is -1.51. The van der Waals surface area contributed by atoms with E-state index < -0.39 is 0 Å². The number of hydrogen-bond donors (Lipinski definition) is 2. The van der Waals surface area contributed by atoms with Crippen molar-refractivity contribution in [3.8, 4) is 0 Å². The van der Waals surface area contributed by atoms with Crippen LogP contribution in [0.4, 0.5) is 5.69 Å². The topological polar surface area (TPSA) is 41.1 Å². The van der Waals surface area contributed by atoms with Crippen LogP contribution in [0.15, 0.2) is 18.2 Å². The SMILES string of the molecule is CNc1ccc(C)cc1C(=O)NC1CCC(C)C1C. The lowest BCUT2D eigenvalue weighted by Gasteiger charge is -2.20. The normalized spacial score (nSPS) is 26.2. The van der Waals surface area contributed by atoms with Gasteiger partial charge in [-0.1, -0.05) is 25.5 Å². The molecule has 0 bridgehead atoms. The summed E-state index contributed by atoms with van der Waals surface area (Å²) < 4.78 is 0. The van der Waals surface area contributed by atoms with Gasteiger partial charge in [-0.15, -0.1) is 0 Å². The Morgan fingerprint density at radius 2 is 2.00 bits per heavy atom. The Kier molecular flexibility index (Phi) is 4.13. The van der Waals surface area contributed by atoms with E-state index in [1.165, 1.54) is 6.42 Å². The van der Waals surface area contributed by atoms with E-state index in [0.29, 0.717) is 17.9 Å². The lowest BCUT2D eigenvalue weighted by Crippen LogP contribution is -2.37. The molecule has 0 radical (unpaired) electrons. The number of amides is 1. The Balaban J connectivity index is 2.14. The van der Waals surface area contributed by atoms with Gasteiger partial charge in [0.2, 0.25) is 0 Å². The molecule has 1 fully saturated rings. The maximum atomic E-state index is 12.4. The Labute approximate surface area is 115 Å². The van der Waals surface area contributed by atoms with E-state index in [2.05, 4.69) is 24.5 Å². The van der Waals surface area contributed by atoms with E-state index in [-0.39, 0.29) is 5.91 Å². The number of rotatable bonds is 3. The van der Waals surface area contributed by atoms with Gasteiger partial charge in [-0.2, -0.15) is 0 Å². The minimum Gasteiger partial charge on any atom is -0.387 e. The van der Waals surface area contributed by atoms with Crippen LogP contribution in [-0.2, 0) is 0 Å². The van der Waals surface area contributed by atoms with Crippen molar-refractivity contribution in [1.82, 2.24) is 5.32 Å². The maximum Gasteiger partial charge on any atom is 0.253 e. The highest BCUT2D eigenvalue weighted by molar-refractivity contribution is 6.00. The molecule has 1 saturated carbocycles. The largest absolute Gasteiger partial charge is 0.387 e. The first-order valence-electron chi connectivity index (χ1n) is 7.12. The van der Waals surface area contributed by atoms with Gasteiger partial charge < -0.3 is 10.6 Å². The second-order valence-electron chi connectivity index (χ2n) is 5.79. The molecule has 104 valence electrons. The number of hydrogen-bond acceptors (Lipinski definition) is 2. The third-order valence-corrected chi connectivity index (χ3v) is 4.47. The van der Waals surface area contributed by atoms with E-state index in [9.17, 15) is 4.79 Å². The summed E-state index contributed by atoms with van der Waals surface area (Å²) in [7, 11) is 1.85. The molecule has 3 atom stereocenters. The second kappa shape index (κ2) is 5.64.